The van der Waals surface area contributed by atoms with Crippen LogP contribution in [0.2, 0.25) is 0 Å². The fourth-order valence-electron chi connectivity index (χ4n) is 6.18. The number of carbonyl (C=O) groups is 4. The maximum atomic E-state index is 13.4. The van der Waals surface area contributed by atoms with Gasteiger partial charge in [-0.15, -0.1) is 0 Å². The predicted molar refractivity (Wildman–Crippen MR) is 185 cm³/mol. The summed E-state index contributed by atoms with van der Waals surface area (Å²) in [6, 6.07) is 25.3. The molecule has 5 rings (SSSR count). The molecule has 1 saturated heterocycles. The minimum Gasteiger partial charge on any atom is -0.448 e. The first-order valence-corrected chi connectivity index (χ1v) is 16.9. The Kier molecular flexibility index (Phi) is 11.8. The lowest BCUT2D eigenvalue weighted by Gasteiger charge is -2.35. The number of alkyl carbamates (subject to hydrolysis) is 2. The standard InChI is InChI=1S/C38H46N4O7/c1-38(2,3)49-36(45)40-28(14-11-19-39-35(44)47-25-27-12-5-4-6-13-27)24-34(43)41-20-22-42(23-21-41)37(46)48-26-33-31-17-9-7-15-29(31)30-16-8-10-18-32(30)33/h4-10,12-13,15-18,28,33H,11,14,19-26H2,1-3H3,(H,39,44)(H,40,45)/t28-/m0/s1. The van der Waals surface area contributed by atoms with E-state index >= 15 is 0 Å². The highest BCUT2D eigenvalue weighted by Crippen LogP contribution is 2.44. The van der Waals surface area contributed by atoms with Crippen LogP contribution in [0.15, 0.2) is 78.9 Å². The Morgan fingerprint density at radius 1 is 0.776 bits per heavy atom. The zero-order chi connectivity index (χ0) is 34.8. The van der Waals surface area contributed by atoms with E-state index in [0.717, 1.165) is 16.7 Å². The summed E-state index contributed by atoms with van der Waals surface area (Å²) < 4.78 is 16.5. The number of piperazine rings is 1. The van der Waals surface area contributed by atoms with Crippen molar-refractivity contribution in [3.63, 3.8) is 0 Å². The second-order valence-corrected chi connectivity index (χ2v) is 13.3. The van der Waals surface area contributed by atoms with Gasteiger partial charge >= 0.3 is 18.3 Å². The Morgan fingerprint density at radius 2 is 1.37 bits per heavy atom. The van der Waals surface area contributed by atoms with Crippen molar-refractivity contribution in [3.05, 3.63) is 95.6 Å². The Morgan fingerprint density at radius 3 is 2.00 bits per heavy atom. The zero-order valence-corrected chi connectivity index (χ0v) is 28.5. The van der Waals surface area contributed by atoms with Gasteiger partial charge in [0.15, 0.2) is 0 Å². The maximum absolute atomic E-state index is 13.4. The van der Waals surface area contributed by atoms with Crippen LogP contribution in [-0.2, 0) is 25.6 Å². The van der Waals surface area contributed by atoms with Crippen LogP contribution in [0.25, 0.3) is 11.1 Å². The molecule has 2 N–H and O–H groups in total. The van der Waals surface area contributed by atoms with Crippen molar-refractivity contribution in [2.45, 2.75) is 64.2 Å². The smallest absolute Gasteiger partial charge is 0.409 e. The Balaban J connectivity index is 1.07. The first-order valence-electron chi connectivity index (χ1n) is 16.9. The molecule has 1 heterocycles. The number of carbonyl (C=O) groups excluding carboxylic acids is 4. The van der Waals surface area contributed by atoms with Gasteiger partial charge in [-0.2, -0.15) is 0 Å². The van der Waals surface area contributed by atoms with Crippen LogP contribution in [0.3, 0.4) is 0 Å². The molecule has 1 fully saturated rings. The molecule has 11 nitrogen and oxygen atoms in total. The van der Waals surface area contributed by atoms with Crippen molar-refractivity contribution in [1.82, 2.24) is 20.4 Å². The molecule has 1 aliphatic carbocycles. The Hall–Kier alpha value is -5.06. The summed E-state index contributed by atoms with van der Waals surface area (Å²) >= 11 is 0. The van der Waals surface area contributed by atoms with Crippen LogP contribution in [0.1, 0.15) is 62.6 Å². The predicted octanol–water partition coefficient (Wildman–Crippen LogP) is 6.07. The highest BCUT2D eigenvalue weighted by Gasteiger charge is 2.31. The maximum Gasteiger partial charge on any atom is 0.409 e. The second-order valence-electron chi connectivity index (χ2n) is 13.3. The van der Waals surface area contributed by atoms with Crippen molar-refractivity contribution in [2.75, 3.05) is 39.3 Å². The molecule has 11 heteroatoms. The van der Waals surface area contributed by atoms with Crippen molar-refractivity contribution in [2.24, 2.45) is 0 Å². The number of nitrogens with zero attached hydrogens (tertiary/aromatic N) is 2. The van der Waals surface area contributed by atoms with E-state index in [2.05, 4.69) is 34.9 Å². The van der Waals surface area contributed by atoms with Gasteiger partial charge in [0, 0.05) is 51.1 Å². The molecular weight excluding hydrogens is 624 g/mol. The number of amides is 4. The van der Waals surface area contributed by atoms with Crippen LogP contribution in [0, 0.1) is 0 Å². The monoisotopic (exact) mass is 670 g/mol. The second kappa shape index (κ2) is 16.4. The van der Waals surface area contributed by atoms with Gasteiger partial charge in [0.05, 0.1) is 0 Å². The summed E-state index contributed by atoms with van der Waals surface area (Å²) in [4.78, 5) is 54.5. The van der Waals surface area contributed by atoms with Crippen molar-refractivity contribution in [1.29, 1.82) is 0 Å². The average molecular weight is 671 g/mol. The molecule has 3 aromatic carbocycles. The van der Waals surface area contributed by atoms with Gasteiger partial charge in [-0.1, -0.05) is 78.9 Å². The zero-order valence-electron chi connectivity index (χ0n) is 28.5. The third-order valence-corrected chi connectivity index (χ3v) is 8.58. The van der Waals surface area contributed by atoms with E-state index in [0.29, 0.717) is 45.6 Å². The number of benzene rings is 3. The van der Waals surface area contributed by atoms with Crippen molar-refractivity contribution >= 4 is 24.2 Å². The molecule has 2 aliphatic rings. The van der Waals surface area contributed by atoms with Gasteiger partial charge in [0.2, 0.25) is 5.91 Å². The van der Waals surface area contributed by atoms with E-state index in [9.17, 15) is 19.2 Å². The third kappa shape index (κ3) is 9.98. The highest BCUT2D eigenvalue weighted by molar-refractivity contribution is 5.80. The molecule has 4 amide bonds. The molecule has 0 saturated carbocycles. The van der Waals surface area contributed by atoms with Gasteiger partial charge in [0.25, 0.3) is 0 Å². The summed E-state index contributed by atoms with van der Waals surface area (Å²) in [5, 5.41) is 5.55. The lowest BCUT2D eigenvalue weighted by Crippen LogP contribution is -2.52. The minimum atomic E-state index is -0.696. The molecule has 49 heavy (non-hydrogen) atoms. The fraction of sp³-hybridized carbons (Fsp3) is 0.421. The first kappa shape index (κ1) is 35.3. The highest BCUT2D eigenvalue weighted by atomic mass is 16.6. The summed E-state index contributed by atoms with van der Waals surface area (Å²) in [6.07, 6.45) is -0.546. The molecule has 1 aliphatic heterocycles. The molecule has 0 aromatic heterocycles. The number of rotatable bonds is 11. The molecule has 0 spiro atoms. The Labute approximate surface area is 287 Å². The summed E-state index contributed by atoms with van der Waals surface area (Å²) in [6.45, 7) is 7.45. The van der Waals surface area contributed by atoms with Crippen LogP contribution < -0.4 is 10.6 Å². The summed E-state index contributed by atoms with van der Waals surface area (Å²) in [5.74, 6) is -0.160. The number of hydrogen-bond acceptors (Lipinski definition) is 7. The van der Waals surface area contributed by atoms with E-state index in [1.807, 2.05) is 54.6 Å². The lowest BCUT2D eigenvalue weighted by molar-refractivity contribution is -0.133. The quantitative estimate of drug-likeness (QED) is 0.187. The number of ether oxygens (including phenoxy) is 3. The van der Waals surface area contributed by atoms with E-state index < -0.39 is 29.9 Å². The minimum absolute atomic E-state index is 0.0243. The summed E-state index contributed by atoms with van der Waals surface area (Å²) in [5.41, 5.74) is 4.84. The largest absolute Gasteiger partial charge is 0.448 e. The van der Waals surface area contributed by atoms with Crippen LogP contribution in [0.4, 0.5) is 14.4 Å². The molecule has 1 atom stereocenters. The molecule has 0 unspecified atom stereocenters. The van der Waals surface area contributed by atoms with E-state index in [1.54, 1.807) is 30.6 Å². The third-order valence-electron chi connectivity index (χ3n) is 8.58. The number of fused-ring (bicyclic) bond motifs is 3. The van der Waals surface area contributed by atoms with E-state index in [4.69, 9.17) is 14.2 Å². The van der Waals surface area contributed by atoms with Gasteiger partial charge in [-0.25, -0.2) is 14.4 Å². The summed E-state index contributed by atoms with van der Waals surface area (Å²) in [7, 11) is 0. The average Bonchev–Trinajstić information content (AvgIpc) is 3.41. The molecule has 3 aromatic rings. The van der Waals surface area contributed by atoms with E-state index in [1.165, 1.54) is 11.1 Å². The SMILES string of the molecule is CC(C)(C)OC(=O)N[C@@H](CCCNC(=O)OCc1ccccc1)CC(=O)N1CCN(C(=O)OCC2c3ccccc3-c3ccccc32)CC1. The van der Waals surface area contributed by atoms with Crippen LogP contribution >= 0.6 is 0 Å². The Bertz CT molecular complexity index is 1550. The topological polar surface area (TPSA) is 127 Å². The van der Waals surface area contributed by atoms with E-state index in [-0.39, 0.29) is 31.5 Å². The molecule has 260 valence electrons. The number of nitrogens with one attached hydrogen (secondary N) is 2. The van der Waals surface area contributed by atoms with Crippen LogP contribution in [-0.4, -0.2) is 85.0 Å². The first-order chi connectivity index (χ1) is 23.6. The fourth-order valence-corrected chi connectivity index (χ4v) is 6.18. The molecule has 0 radical (unpaired) electrons. The van der Waals surface area contributed by atoms with Gasteiger partial charge in [0.1, 0.15) is 18.8 Å². The van der Waals surface area contributed by atoms with Gasteiger partial charge < -0.3 is 34.6 Å². The van der Waals surface area contributed by atoms with Crippen LogP contribution in [0.5, 0.6) is 0 Å². The van der Waals surface area contributed by atoms with Gasteiger partial charge in [-0.05, 0) is 61.4 Å². The van der Waals surface area contributed by atoms with Gasteiger partial charge in [-0.3, -0.25) is 4.79 Å². The lowest BCUT2D eigenvalue weighted by atomic mass is 9.98. The van der Waals surface area contributed by atoms with Crippen molar-refractivity contribution < 1.29 is 33.4 Å². The van der Waals surface area contributed by atoms with Crippen molar-refractivity contribution in [3.8, 4) is 11.1 Å². The number of hydrogen-bond donors (Lipinski definition) is 2. The molecular formula is C38H46N4O7. The molecule has 0 bridgehead atoms. The normalized spacial score (nSPS) is 14.7.